The van der Waals surface area contributed by atoms with E-state index in [2.05, 4.69) is 11.9 Å². The molecule has 0 saturated heterocycles. The van der Waals surface area contributed by atoms with Crippen LogP contribution < -0.4 is 0 Å². The van der Waals surface area contributed by atoms with Gasteiger partial charge in [0.15, 0.2) is 0 Å². The summed E-state index contributed by atoms with van der Waals surface area (Å²) in [7, 11) is 0. The molecule has 0 aliphatic heterocycles. The van der Waals surface area contributed by atoms with Crippen LogP contribution in [-0.4, -0.2) is 22.8 Å². The van der Waals surface area contributed by atoms with E-state index in [1.54, 1.807) is 12.4 Å². The van der Waals surface area contributed by atoms with E-state index in [0.717, 1.165) is 24.0 Å². The predicted molar refractivity (Wildman–Crippen MR) is 64.3 cm³/mol. The van der Waals surface area contributed by atoms with Gasteiger partial charge >= 0.3 is 0 Å². The van der Waals surface area contributed by atoms with Gasteiger partial charge in [-0.2, -0.15) is 0 Å². The molecule has 0 radical (unpaired) electrons. The first-order chi connectivity index (χ1) is 7.70. The molecule has 1 rings (SSSR count). The van der Waals surface area contributed by atoms with Gasteiger partial charge in [-0.15, -0.1) is 0 Å². The van der Waals surface area contributed by atoms with Gasteiger partial charge in [0.1, 0.15) is 6.10 Å². The van der Waals surface area contributed by atoms with Crippen LogP contribution in [0.15, 0.2) is 18.5 Å². The molecule has 3 nitrogen and oxygen atoms in total. The Morgan fingerprint density at radius 1 is 1.44 bits per heavy atom. The third-order valence-corrected chi connectivity index (χ3v) is 2.70. The van der Waals surface area contributed by atoms with Crippen molar-refractivity contribution in [3.63, 3.8) is 0 Å². The van der Waals surface area contributed by atoms with Crippen LogP contribution in [0.3, 0.4) is 0 Å². The van der Waals surface area contributed by atoms with Gasteiger partial charge in [0.05, 0.1) is 6.10 Å². The molecule has 2 atom stereocenters. The highest BCUT2D eigenvalue weighted by Gasteiger charge is 2.21. The Kier molecular flexibility index (Phi) is 5.43. The minimum Gasteiger partial charge on any atom is -0.386 e. The fraction of sp³-hybridized carbons (Fsp3) is 0.615. The van der Waals surface area contributed by atoms with E-state index in [4.69, 9.17) is 4.74 Å². The van der Waals surface area contributed by atoms with Crippen molar-refractivity contribution in [1.82, 2.24) is 4.98 Å². The quantitative estimate of drug-likeness (QED) is 0.806. The van der Waals surface area contributed by atoms with E-state index in [1.165, 1.54) is 0 Å². The van der Waals surface area contributed by atoms with E-state index < -0.39 is 6.10 Å². The Bertz CT molecular complexity index is 309. The Hall–Kier alpha value is -0.930. The molecule has 0 saturated carbocycles. The van der Waals surface area contributed by atoms with Crippen LogP contribution in [0.2, 0.25) is 0 Å². The Morgan fingerprint density at radius 2 is 2.19 bits per heavy atom. The van der Waals surface area contributed by atoms with Gasteiger partial charge in [0.2, 0.25) is 0 Å². The first-order valence-corrected chi connectivity index (χ1v) is 5.90. The normalized spacial score (nSPS) is 14.8. The standard InChI is InChI=1S/C13H21NO2/c1-4-6-12(16-5-2)13(15)11-9-14-8-7-10(11)3/h7-9,12-13,15H,4-6H2,1-3H3. The van der Waals surface area contributed by atoms with Crippen molar-refractivity contribution >= 4 is 0 Å². The van der Waals surface area contributed by atoms with Crippen molar-refractivity contribution in [2.75, 3.05) is 6.61 Å². The van der Waals surface area contributed by atoms with Gasteiger partial charge in [0, 0.05) is 24.6 Å². The molecule has 0 aliphatic carbocycles. The lowest BCUT2D eigenvalue weighted by Gasteiger charge is -2.23. The molecule has 1 aromatic heterocycles. The monoisotopic (exact) mass is 223 g/mol. The number of aromatic nitrogens is 1. The fourth-order valence-electron chi connectivity index (χ4n) is 1.82. The second-order valence-electron chi connectivity index (χ2n) is 3.96. The van der Waals surface area contributed by atoms with E-state index in [-0.39, 0.29) is 6.10 Å². The van der Waals surface area contributed by atoms with Gasteiger partial charge in [-0.1, -0.05) is 13.3 Å². The molecule has 16 heavy (non-hydrogen) atoms. The Labute approximate surface area is 97.5 Å². The number of hydrogen-bond donors (Lipinski definition) is 1. The van der Waals surface area contributed by atoms with Gasteiger partial charge in [-0.3, -0.25) is 4.98 Å². The Morgan fingerprint density at radius 3 is 2.75 bits per heavy atom. The van der Waals surface area contributed by atoms with Crippen molar-refractivity contribution in [1.29, 1.82) is 0 Å². The summed E-state index contributed by atoms with van der Waals surface area (Å²) in [5, 5.41) is 10.3. The number of hydrogen-bond acceptors (Lipinski definition) is 3. The zero-order valence-electron chi connectivity index (χ0n) is 10.3. The minimum atomic E-state index is -0.575. The highest BCUT2D eigenvalue weighted by atomic mass is 16.5. The summed E-state index contributed by atoms with van der Waals surface area (Å²) >= 11 is 0. The highest BCUT2D eigenvalue weighted by molar-refractivity contribution is 5.24. The molecule has 0 aliphatic rings. The van der Waals surface area contributed by atoms with Crippen molar-refractivity contribution in [2.24, 2.45) is 0 Å². The maximum absolute atomic E-state index is 10.3. The van der Waals surface area contributed by atoms with E-state index in [1.807, 2.05) is 19.9 Å². The van der Waals surface area contributed by atoms with Crippen LogP contribution in [0.5, 0.6) is 0 Å². The summed E-state index contributed by atoms with van der Waals surface area (Å²) in [5.74, 6) is 0. The average molecular weight is 223 g/mol. The molecule has 90 valence electrons. The molecular formula is C13H21NO2. The molecule has 0 amide bonds. The number of aliphatic hydroxyl groups is 1. The van der Waals surface area contributed by atoms with Crippen LogP contribution in [0, 0.1) is 6.92 Å². The maximum atomic E-state index is 10.3. The number of nitrogens with zero attached hydrogens (tertiary/aromatic N) is 1. The van der Waals surface area contributed by atoms with E-state index in [0.29, 0.717) is 6.61 Å². The lowest BCUT2D eigenvalue weighted by molar-refractivity contribution is -0.0388. The van der Waals surface area contributed by atoms with Crippen LogP contribution >= 0.6 is 0 Å². The van der Waals surface area contributed by atoms with Gasteiger partial charge in [-0.25, -0.2) is 0 Å². The first kappa shape index (κ1) is 13.1. The minimum absolute atomic E-state index is 0.127. The molecule has 3 heteroatoms. The predicted octanol–water partition coefficient (Wildman–Crippen LogP) is 2.63. The third kappa shape index (κ3) is 3.29. The van der Waals surface area contributed by atoms with E-state index >= 15 is 0 Å². The van der Waals surface area contributed by atoms with Crippen molar-refractivity contribution in [3.8, 4) is 0 Å². The smallest absolute Gasteiger partial charge is 0.107 e. The second-order valence-corrected chi connectivity index (χ2v) is 3.96. The van der Waals surface area contributed by atoms with Crippen LogP contribution in [-0.2, 0) is 4.74 Å². The molecule has 0 aromatic carbocycles. The summed E-state index contributed by atoms with van der Waals surface area (Å²) in [6, 6.07) is 1.91. The number of ether oxygens (including phenoxy) is 1. The van der Waals surface area contributed by atoms with Gasteiger partial charge in [-0.05, 0) is 31.9 Å². The summed E-state index contributed by atoms with van der Waals surface area (Å²) < 4.78 is 5.58. The zero-order valence-corrected chi connectivity index (χ0v) is 10.3. The lowest BCUT2D eigenvalue weighted by Crippen LogP contribution is -2.23. The largest absolute Gasteiger partial charge is 0.386 e. The van der Waals surface area contributed by atoms with Crippen molar-refractivity contribution in [2.45, 2.75) is 45.8 Å². The zero-order chi connectivity index (χ0) is 12.0. The number of pyridine rings is 1. The third-order valence-electron chi connectivity index (χ3n) is 2.70. The summed E-state index contributed by atoms with van der Waals surface area (Å²) in [4.78, 5) is 4.05. The van der Waals surface area contributed by atoms with Crippen LogP contribution in [0.25, 0.3) is 0 Å². The molecule has 2 unspecified atom stereocenters. The summed E-state index contributed by atoms with van der Waals surface area (Å²) in [6.07, 6.45) is 4.62. The highest BCUT2D eigenvalue weighted by Crippen LogP contribution is 2.24. The van der Waals surface area contributed by atoms with E-state index in [9.17, 15) is 5.11 Å². The molecule has 1 heterocycles. The van der Waals surface area contributed by atoms with Crippen molar-refractivity contribution < 1.29 is 9.84 Å². The van der Waals surface area contributed by atoms with Gasteiger partial charge in [0.25, 0.3) is 0 Å². The second kappa shape index (κ2) is 6.61. The SMILES string of the molecule is CCCC(OCC)C(O)c1cnccc1C. The number of rotatable bonds is 6. The summed E-state index contributed by atoms with van der Waals surface area (Å²) in [6.45, 7) is 6.65. The molecule has 0 fully saturated rings. The molecule has 0 spiro atoms. The van der Waals surface area contributed by atoms with Crippen molar-refractivity contribution in [3.05, 3.63) is 29.6 Å². The lowest BCUT2D eigenvalue weighted by atomic mass is 9.99. The topological polar surface area (TPSA) is 42.4 Å². The molecule has 1 aromatic rings. The summed E-state index contributed by atoms with van der Waals surface area (Å²) in [5.41, 5.74) is 1.93. The average Bonchev–Trinajstić information content (AvgIpc) is 2.28. The molecule has 0 bridgehead atoms. The Balaban J connectivity index is 2.81. The van der Waals surface area contributed by atoms with Gasteiger partial charge < -0.3 is 9.84 Å². The first-order valence-electron chi connectivity index (χ1n) is 5.90. The maximum Gasteiger partial charge on any atom is 0.107 e. The number of aliphatic hydroxyl groups excluding tert-OH is 1. The van der Waals surface area contributed by atoms with Crippen LogP contribution in [0.4, 0.5) is 0 Å². The molecule has 1 N–H and O–H groups in total. The molecular weight excluding hydrogens is 202 g/mol. The number of aryl methyl sites for hydroxylation is 1. The van der Waals surface area contributed by atoms with Crippen LogP contribution in [0.1, 0.15) is 43.9 Å². The fourth-order valence-corrected chi connectivity index (χ4v) is 1.82.